The molecule has 0 unspecified atom stereocenters. The quantitative estimate of drug-likeness (QED) is 0.811. The molecular formula is C9H9BrN2O. The summed E-state index contributed by atoms with van der Waals surface area (Å²) >= 11 is 3.34. The molecule has 2 rings (SSSR count). The van der Waals surface area contributed by atoms with Crippen LogP contribution in [-0.4, -0.2) is 9.97 Å². The molecule has 0 atom stereocenters. The first-order valence-corrected chi connectivity index (χ1v) is 5.00. The van der Waals surface area contributed by atoms with E-state index in [4.69, 9.17) is 4.42 Å². The number of hydrogen-bond acceptors (Lipinski definition) is 3. The number of fused-ring (bicyclic) bond motifs is 1. The maximum absolute atomic E-state index is 5.42. The van der Waals surface area contributed by atoms with Gasteiger partial charge in [-0.15, -0.1) is 0 Å². The van der Waals surface area contributed by atoms with Crippen molar-refractivity contribution in [3.05, 3.63) is 22.6 Å². The van der Waals surface area contributed by atoms with E-state index >= 15 is 0 Å². The third kappa shape index (κ3) is 1.72. The van der Waals surface area contributed by atoms with Crippen LogP contribution in [0.4, 0.5) is 0 Å². The van der Waals surface area contributed by atoms with Crippen LogP contribution in [0.1, 0.15) is 19.2 Å². The third-order valence-corrected chi connectivity index (χ3v) is 2.16. The Hall–Kier alpha value is -0.900. The number of pyridine rings is 1. The van der Waals surface area contributed by atoms with Crippen LogP contribution >= 0.6 is 15.9 Å². The fraction of sp³-hybridized carbons (Fsp3) is 0.333. The Bertz CT molecular complexity index is 424. The first kappa shape index (κ1) is 8.69. The Labute approximate surface area is 84.3 Å². The lowest BCUT2D eigenvalue weighted by Crippen LogP contribution is -1.79. The monoisotopic (exact) mass is 240 g/mol. The molecule has 0 fully saturated rings. The second-order valence-electron chi connectivity index (χ2n) is 2.84. The van der Waals surface area contributed by atoms with E-state index in [1.807, 2.05) is 6.07 Å². The Morgan fingerprint density at radius 1 is 1.54 bits per heavy atom. The molecule has 3 nitrogen and oxygen atoms in total. The van der Waals surface area contributed by atoms with Crippen LogP contribution in [0.25, 0.3) is 11.2 Å². The maximum Gasteiger partial charge on any atom is 0.246 e. The highest BCUT2D eigenvalue weighted by Crippen LogP contribution is 2.18. The number of aryl methyl sites for hydroxylation is 1. The molecule has 0 saturated heterocycles. The summed E-state index contributed by atoms with van der Waals surface area (Å²) in [6.07, 6.45) is 3.62. The van der Waals surface area contributed by atoms with Crippen molar-refractivity contribution in [2.75, 3.05) is 0 Å². The van der Waals surface area contributed by atoms with Crippen LogP contribution < -0.4 is 0 Å². The lowest BCUT2D eigenvalue weighted by atomic mass is 10.3. The van der Waals surface area contributed by atoms with Crippen molar-refractivity contribution in [3.8, 4) is 0 Å². The van der Waals surface area contributed by atoms with Crippen LogP contribution in [-0.2, 0) is 6.42 Å². The molecule has 0 aliphatic carbocycles. The molecule has 0 bridgehead atoms. The van der Waals surface area contributed by atoms with E-state index in [2.05, 4.69) is 32.8 Å². The minimum Gasteiger partial charge on any atom is -0.422 e. The third-order valence-electron chi connectivity index (χ3n) is 1.72. The van der Waals surface area contributed by atoms with Gasteiger partial charge in [-0.1, -0.05) is 6.92 Å². The zero-order chi connectivity index (χ0) is 9.26. The van der Waals surface area contributed by atoms with E-state index < -0.39 is 0 Å². The van der Waals surface area contributed by atoms with Gasteiger partial charge in [0, 0.05) is 17.1 Å². The largest absolute Gasteiger partial charge is 0.422 e. The highest BCUT2D eigenvalue weighted by Gasteiger charge is 2.05. The number of hydrogen-bond donors (Lipinski definition) is 0. The predicted octanol–water partition coefficient (Wildman–Crippen LogP) is 2.94. The molecule has 0 saturated carbocycles. The predicted molar refractivity (Wildman–Crippen MR) is 53.5 cm³/mol. The second-order valence-corrected chi connectivity index (χ2v) is 3.75. The molecule has 0 N–H and O–H groups in total. The number of aromatic nitrogens is 2. The first-order chi connectivity index (χ1) is 6.29. The molecule has 2 aromatic rings. The van der Waals surface area contributed by atoms with Gasteiger partial charge in [-0.2, -0.15) is 0 Å². The standard InChI is InChI=1S/C9H9BrN2O/c1-2-3-8-12-7-4-6(10)5-11-9(7)13-8/h4-5H,2-3H2,1H3. The molecule has 2 heterocycles. The van der Waals surface area contributed by atoms with Crippen LogP contribution in [0.2, 0.25) is 0 Å². The molecule has 2 aromatic heterocycles. The average Bonchev–Trinajstić information content (AvgIpc) is 2.46. The van der Waals surface area contributed by atoms with Crippen molar-refractivity contribution in [2.45, 2.75) is 19.8 Å². The summed E-state index contributed by atoms with van der Waals surface area (Å²) in [4.78, 5) is 8.41. The Morgan fingerprint density at radius 2 is 2.38 bits per heavy atom. The van der Waals surface area contributed by atoms with Crippen LogP contribution in [0.5, 0.6) is 0 Å². The fourth-order valence-electron chi connectivity index (χ4n) is 1.16. The molecule has 0 aliphatic rings. The summed E-state index contributed by atoms with van der Waals surface area (Å²) in [5, 5.41) is 0. The van der Waals surface area contributed by atoms with Gasteiger partial charge in [-0.25, -0.2) is 9.97 Å². The molecule has 4 heteroatoms. The lowest BCUT2D eigenvalue weighted by molar-refractivity contribution is 0.517. The minimum atomic E-state index is 0.617. The van der Waals surface area contributed by atoms with Crippen LogP contribution in [0.15, 0.2) is 21.2 Å². The van der Waals surface area contributed by atoms with Crippen molar-refractivity contribution in [1.82, 2.24) is 9.97 Å². The van der Waals surface area contributed by atoms with Gasteiger partial charge in [0.25, 0.3) is 0 Å². The van der Waals surface area contributed by atoms with E-state index in [1.54, 1.807) is 6.20 Å². The maximum atomic E-state index is 5.42. The SMILES string of the molecule is CCCc1nc2cc(Br)cnc2o1. The van der Waals surface area contributed by atoms with Gasteiger partial charge in [0.1, 0.15) is 5.52 Å². The average molecular weight is 241 g/mol. The molecule has 0 aliphatic heterocycles. The molecule has 68 valence electrons. The Balaban J connectivity index is 2.49. The summed E-state index contributed by atoms with van der Waals surface area (Å²) in [5.74, 6) is 0.767. The van der Waals surface area contributed by atoms with Gasteiger partial charge in [0.15, 0.2) is 5.89 Å². The van der Waals surface area contributed by atoms with Gasteiger partial charge >= 0.3 is 0 Å². The van der Waals surface area contributed by atoms with Gasteiger partial charge in [0.2, 0.25) is 5.71 Å². The number of nitrogens with zero attached hydrogens (tertiary/aromatic N) is 2. The van der Waals surface area contributed by atoms with E-state index in [0.29, 0.717) is 5.71 Å². The summed E-state index contributed by atoms with van der Waals surface area (Å²) in [5.41, 5.74) is 1.43. The fourth-order valence-corrected chi connectivity index (χ4v) is 1.48. The molecule has 0 aromatic carbocycles. The highest BCUT2D eigenvalue weighted by atomic mass is 79.9. The Kier molecular flexibility index (Phi) is 2.31. The van der Waals surface area contributed by atoms with Crippen molar-refractivity contribution in [3.63, 3.8) is 0 Å². The van der Waals surface area contributed by atoms with E-state index in [1.165, 1.54) is 0 Å². The van der Waals surface area contributed by atoms with Crippen molar-refractivity contribution >= 4 is 27.2 Å². The molecule has 0 amide bonds. The first-order valence-electron chi connectivity index (χ1n) is 4.20. The molecule has 0 radical (unpaired) electrons. The normalized spacial score (nSPS) is 10.9. The number of rotatable bonds is 2. The second kappa shape index (κ2) is 3.46. The van der Waals surface area contributed by atoms with Crippen LogP contribution in [0.3, 0.4) is 0 Å². The van der Waals surface area contributed by atoms with Crippen molar-refractivity contribution < 1.29 is 4.42 Å². The van der Waals surface area contributed by atoms with Crippen molar-refractivity contribution in [2.24, 2.45) is 0 Å². The molecular weight excluding hydrogens is 232 g/mol. The zero-order valence-corrected chi connectivity index (χ0v) is 8.84. The van der Waals surface area contributed by atoms with Gasteiger partial charge in [-0.3, -0.25) is 0 Å². The zero-order valence-electron chi connectivity index (χ0n) is 7.25. The smallest absolute Gasteiger partial charge is 0.246 e. The summed E-state index contributed by atoms with van der Waals surface area (Å²) < 4.78 is 6.35. The van der Waals surface area contributed by atoms with Crippen molar-refractivity contribution in [1.29, 1.82) is 0 Å². The molecule has 0 spiro atoms. The highest BCUT2D eigenvalue weighted by molar-refractivity contribution is 9.10. The topological polar surface area (TPSA) is 38.9 Å². The van der Waals surface area contributed by atoms with Gasteiger partial charge in [0.05, 0.1) is 0 Å². The van der Waals surface area contributed by atoms with Gasteiger partial charge < -0.3 is 4.42 Å². The number of oxazole rings is 1. The summed E-state index contributed by atoms with van der Waals surface area (Å²) in [6, 6.07) is 1.91. The van der Waals surface area contributed by atoms with E-state index in [-0.39, 0.29) is 0 Å². The lowest BCUT2D eigenvalue weighted by Gasteiger charge is -1.85. The van der Waals surface area contributed by atoms with Gasteiger partial charge in [-0.05, 0) is 28.4 Å². The summed E-state index contributed by atoms with van der Waals surface area (Å²) in [6.45, 7) is 2.10. The van der Waals surface area contributed by atoms with Crippen LogP contribution in [0, 0.1) is 0 Å². The molecule has 13 heavy (non-hydrogen) atoms. The van der Waals surface area contributed by atoms with E-state index in [9.17, 15) is 0 Å². The number of halogens is 1. The minimum absolute atomic E-state index is 0.617. The Morgan fingerprint density at radius 3 is 3.15 bits per heavy atom. The van der Waals surface area contributed by atoms with E-state index in [0.717, 1.165) is 28.7 Å². The summed E-state index contributed by atoms with van der Waals surface area (Å²) in [7, 11) is 0.